The van der Waals surface area contributed by atoms with Gasteiger partial charge in [-0.15, -0.1) is 11.3 Å². The fourth-order valence-electron chi connectivity index (χ4n) is 3.62. The van der Waals surface area contributed by atoms with E-state index in [0.717, 1.165) is 56.6 Å². The van der Waals surface area contributed by atoms with Gasteiger partial charge in [-0.1, -0.05) is 6.92 Å². The van der Waals surface area contributed by atoms with E-state index >= 15 is 0 Å². The quantitative estimate of drug-likeness (QED) is 0.901. The molecule has 1 N–H and O–H groups in total. The van der Waals surface area contributed by atoms with E-state index in [1.165, 1.54) is 22.6 Å². The highest BCUT2D eigenvalue weighted by Gasteiger charge is 2.24. The molecule has 2 aromatic rings. The molecule has 6 nitrogen and oxygen atoms in total. The van der Waals surface area contributed by atoms with Crippen molar-refractivity contribution in [1.82, 2.24) is 19.8 Å². The van der Waals surface area contributed by atoms with Crippen LogP contribution in [-0.4, -0.2) is 52.0 Å². The number of carbonyl (C=O) groups is 1. The predicted molar refractivity (Wildman–Crippen MR) is 103 cm³/mol. The van der Waals surface area contributed by atoms with Gasteiger partial charge in [0.2, 0.25) is 0 Å². The highest BCUT2D eigenvalue weighted by Crippen LogP contribution is 2.32. The number of rotatable bonds is 3. The first-order chi connectivity index (χ1) is 12.7. The van der Waals surface area contributed by atoms with Gasteiger partial charge in [0.15, 0.2) is 5.13 Å². The first-order valence-corrected chi connectivity index (χ1v) is 10.1. The molecule has 7 heteroatoms. The topological polar surface area (TPSA) is 61.4 Å². The average molecular weight is 372 g/mol. The molecule has 2 amide bonds. The average Bonchev–Trinajstić information content (AvgIpc) is 3.04. The van der Waals surface area contributed by atoms with Gasteiger partial charge in [-0.2, -0.15) is 0 Å². The minimum Gasteiger partial charge on any atom is -0.322 e. The van der Waals surface area contributed by atoms with Crippen LogP contribution in [0.3, 0.4) is 0 Å². The lowest BCUT2D eigenvalue weighted by atomic mass is 9.93. The summed E-state index contributed by atoms with van der Waals surface area (Å²) >= 11 is 1.65. The molecule has 1 aliphatic carbocycles. The van der Waals surface area contributed by atoms with Crippen LogP contribution < -0.4 is 5.32 Å². The van der Waals surface area contributed by atoms with Crippen LogP contribution in [0.5, 0.6) is 0 Å². The van der Waals surface area contributed by atoms with Crippen molar-refractivity contribution in [2.75, 3.05) is 31.5 Å². The number of amides is 2. The number of thiazole rings is 1. The lowest BCUT2D eigenvalue weighted by molar-refractivity contribution is 0.143. The Hall–Kier alpha value is -1.99. The van der Waals surface area contributed by atoms with Gasteiger partial charge >= 0.3 is 6.03 Å². The molecule has 1 aliphatic heterocycles. The number of piperazine rings is 1. The number of nitrogens with zero attached hydrogens (tertiary/aromatic N) is 4. The Morgan fingerprint density at radius 2 is 2.04 bits per heavy atom. The Morgan fingerprint density at radius 1 is 1.27 bits per heavy atom. The van der Waals surface area contributed by atoms with Crippen molar-refractivity contribution in [3.8, 4) is 0 Å². The van der Waals surface area contributed by atoms with E-state index in [9.17, 15) is 4.79 Å². The van der Waals surface area contributed by atoms with Crippen LogP contribution in [0.4, 0.5) is 9.93 Å². The smallest absolute Gasteiger partial charge is 0.322 e. The molecule has 26 heavy (non-hydrogen) atoms. The van der Waals surface area contributed by atoms with Crippen LogP contribution >= 0.6 is 11.3 Å². The highest BCUT2D eigenvalue weighted by molar-refractivity contribution is 7.15. The highest BCUT2D eigenvalue weighted by atomic mass is 32.1. The third-order valence-electron chi connectivity index (χ3n) is 5.21. The van der Waals surface area contributed by atoms with E-state index in [4.69, 9.17) is 0 Å². The minimum atomic E-state index is -0.0206. The third kappa shape index (κ3) is 4.04. The van der Waals surface area contributed by atoms with Gasteiger partial charge in [-0.05, 0) is 42.9 Å². The monoisotopic (exact) mass is 371 g/mol. The zero-order valence-electron chi connectivity index (χ0n) is 15.1. The van der Waals surface area contributed by atoms with Gasteiger partial charge in [0.1, 0.15) is 0 Å². The number of hydrogen-bond acceptors (Lipinski definition) is 5. The second-order valence-electron chi connectivity index (χ2n) is 7.29. The fourth-order valence-corrected chi connectivity index (χ4v) is 4.78. The number of aromatic nitrogens is 2. The Kier molecular flexibility index (Phi) is 5.17. The van der Waals surface area contributed by atoms with Crippen LogP contribution in [0.1, 0.15) is 29.5 Å². The van der Waals surface area contributed by atoms with Crippen molar-refractivity contribution in [2.45, 2.75) is 32.7 Å². The number of aryl methyl sites for hydroxylation is 1. The number of nitrogens with one attached hydrogen (secondary N) is 1. The van der Waals surface area contributed by atoms with Crippen LogP contribution in [0.15, 0.2) is 24.5 Å². The predicted octanol–water partition coefficient (Wildman–Crippen LogP) is 3.01. The van der Waals surface area contributed by atoms with Gasteiger partial charge in [-0.25, -0.2) is 9.78 Å². The maximum absolute atomic E-state index is 12.6. The molecule has 2 aromatic heterocycles. The van der Waals surface area contributed by atoms with E-state index in [1.807, 2.05) is 29.4 Å². The van der Waals surface area contributed by atoms with Crippen molar-refractivity contribution in [1.29, 1.82) is 0 Å². The van der Waals surface area contributed by atoms with E-state index in [1.54, 1.807) is 11.3 Å². The van der Waals surface area contributed by atoms with Crippen LogP contribution in [0.2, 0.25) is 0 Å². The Balaban J connectivity index is 1.29. The van der Waals surface area contributed by atoms with Crippen LogP contribution in [0, 0.1) is 5.92 Å². The molecular weight excluding hydrogens is 346 g/mol. The second-order valence-corrected chi connectivity index (χ2v) is 8.37. The summed E-state index contributed by atoms with van der Waals surface area (Å²) in [6.07, 6.45) is 6.98. The second kappa shape index (κ2) is 7.72. The first-order valence-electron chi connectivity index (χ1n) is 9.33. The molecule has 0 radical (unpaired) electrons. The molecule has 0 saturated carbocycles. The zero-order chi connectivity index (χ0) is 17.9. The molecule has 0 unspecified atom stereocenters. The number of urea groups is 1. The first kappa shape index (κ1) is 17.4. The van der Waals surface area contributed by atoms with Crippen LogP contribution in [0.25, 0.3) is 0 Å². The van der Waals surface area contributed by atoms with Gasteiger partial charge in [0.25, 0.3) is 0 Å². The summed E-state index contributed by atoms with van der Waals surface area (Å²) in [5.41, 5.74) is 2.45. The van der Waals surface area contributed by atoms with Crippen molar-refractivity contribution in [2.24, 2.45) is 5.92 Å². The van der Waals surface area contributed by atoms with Crippen molar-refractivity contribution in [3.63, 3.8) is 0 Å². The fraction of sp³-hybridized carbons (Fsp3) is 0.526. The molecule has 138 valence electrons. The van der Waals surface area contributed by atoms with Gasteiger partial charge < -0.3 is 4.90 Å². The maximum Gasteiger partial charge on any atom is 0.323 e. The SMILES string of the molecule is C[C@H]1CCc2nc(NC(=O)N3CCN(Cc4ccncc4)CC3)sc2C1. The molecular formula is C19H25N5OS. The number of carbonyl (C=O) groups excluding carboxylic acids is 1. The summed E-state index contributed by atoms with van der Waals surface area (Å²) in [4.78, 5) is 26.9. The summed E-state index contributed by atoms with van der Waals surface area (Å²) in [7, 11) is 0. The molecule has 0 aromatic carbocycles. The molecule has 2 aliphatic rings. The number of fused-ring (bicyclic) bond motifs is 1. The minimum absolute atomic E-state index is 0.0206. The summed E-state index contributed by atoms with van der Waals surface area (Å²) in [6.45, 7) is 6.48. The van der Waals surface area contributed by atoms with E-state index in [-0.39, 0.29) is 6.03 Å². The summed E-state index contributed by atoms with van der Waals surface area (Å²) in [5.74, 6) is 0.722. The Bertz CT molecular complexity index is 755. The zero-order valence-corrected chi connectivity index (χ0v) is 16.0. The number of hydrogen-bond donors (Lipinski definition) is 1. The number of pyridine rings is 1. The summed E-state index contributed by atoms with van der Waals surface area (Å²) < 4.78 is 0. The third-order valence-corrected chi connectivity index (χ3v) is 6.25. The van der Waals surface area contributed by atoms with E-state index < -0.39 is 0 Å². The van der Waals surface area contributed by atoms with Crippen molar-refractivity contribution >= 4 is 22.5 Å². The molecule has 1 saturated heterocycles. The molecule has 3 heterocycles. The van der Waals surface area contributed by atoms with Crippen molar-refractivity contribution < 1.29 is 4.79 Å². The van der Waals surface area contributed by atoms with Crippen molar-refractivity contribution in [3.05, 3.63) is 40.7 Å². The molecule has 0 spiro atoms. The van der Waals surface area contributed by atoms with Gasteiger partial charge in [0.05, 0.1) is 5.69 Å². The Labute approximate surface area is 158 Å². The number of anilines is 1. The normalized spacial score (nSPS) is 20.7. The Morgan fingerprint density at radius 3 is 2.81 bits per heavy atom. The largest absolute Gasteiger partial charge is 0.323 e. The lowest BCUT2D eigenvalue weighted by Gasteiger charge is -2.34. The van der Waals surface area contributed by atoms with E-state index in [2.05, 4.69) is 27.1 Å². The van der Waals surface area contributed by atoms with Gasteiger partial charge in [0, 0.05) is 50.0 Å². The molecule has 1 atom stereocenters. The molecule has 0 bridgehead atoms. The lowest BCUT2D eigenvalue weighted by Crippen LogP contribution is -2.49. The summed E-state index contributed by atoms with van der Waals surface area (Å²) in [6, 6.07) is 4.07. The van der Waals surface area contributed by atoms with Gasteiger partial charge in [-0.3, -0.25) is 15.2 Å². The summed E-state index contributed by atoms with van der Waals surface area (Å²) in [5, 5.41) is 3.77. The standard InChI is InChI=1S/C19H25N5OS/c1-14-2-3-16-17(12-14)26-18(21-16)22-19(25)24-10-8-23(9-11-24)13-15-4-6-20-7-5-15/h4-7,14H,2-3,8-13H2,1H3,(H,21,22,25)/t14-/m0/s1. The van der Waals surface area contributed by atoms with Crippen LogP contribution in [-0.2, 0) is 19.4 Å². The molecule has 1 fully saturated rings. The maximum atomic E-state index is 12.6. The van der Waals surface area contributed by atoms with E-state index in [0.29, 0.717) is 0 Å². The molecule has 4 rings (SSSR count).